The molecule has 1 unspecified atom stereocenters. The van der Waals surface area contributed by atoms with Crippen molar-refractivity contribution in [1.82, 2.24) is 0 Å². The summed E-state index contributed by atoms with van der Waals surface area (Å²) in [6, 6.07) is 9.66. The fraction of sp³-hybridized carbons (Fsp3) is 0.542. The summed E-state index contributed by atoms with van der Waals surface area (Å²) in [5.74, 6) is 1.29. The first-order valence-electron chi connectivity index (χ1n) is 10.9. The zero-order chi connectivity index (χ0) is 18.7. The van der Waals surface area contributed by atoms with Crippen LogP contribution in [0.15, 0.2) is 48.6 Å². The number of quaternary nitrogens is 1. The number of benzene rings is 1. The van der Waals surface area contributed by atoms with Gasteiger partial charge in [0.15, 0.2) is 0 Å². The first kappa shape index (κ1) is 15.9. The lowest BCUT2D eigenvalue weighted by molar-refractivity contribution is -0.937. The third-order valence-corrected chi connectivity index (χ3v) is 9.20. The number of ether oxygens (including phenoxy) is 1. The molecule has 1 aromatic rings. The van der Waals surface area contributed by atoms with Crippen molar-refractivity contribution >= 4 is 11.6 Å². The average molecular weight is 375 g/mol. The number of hydrogen-bond donors (Lipinski definition) is 0. The number of para-hydroxylation sites is 1. The van der Waals surface area contributed by atoms with Crippen LogP contribution in [0.2, 0.25) is 0 Å². The highest BCUT2D eigenvalue weighted by Crippen LogP contribution is 2.67. The van der Waals surface area contributed by atoms with Gasteiger partial charge in [-0.25, -0.2) is 0 Å². The van der Waals surface area contributed by atoms with Gasteiger partial charge in [0.2, 0.25) is 5.91 Å². The van der Waals surface area contributed by atoms with Crippen molar-refractivity contribution in [2.24, 2.45) is 11.8 Å². The molecule has 0 aromatic heterocycles. The molecule has 3 saturated heterocycles. The molecule has 0 radical (unpaired) electrons. The van der Waals surface area contributed by atoms with Crippen LogP contribution in [-0.2, 0) is 14.9 Å². The molecule has 2 bridgehead atoms. The number of amides is 1. The number of carbonyl (C=O) groups is 1. The van der Waals surface area contributed by atoms with Crippen LogP contribution in [-0.4, -0.2) is 54.8 Å². The van der Waals surface area contributed by atoms with E-state index in [9.17, 15) is 4.79 Å². The zero-order valence-electron chi connectivity index (χ0n) is 16.2. The summed E-state index contributed by atoms with van der Waals surface area (Å²) in [7, 11) is 0. The Kier molecular flexibility index (Phi) is 2.83. The fourth-order valence-corrected chi connectivity index (χ4v) is 8.49. The van der Waals surface area contributed by atoms with E-state index in [1.54, 1.807) is 5.57 Å². The Morgan fingerprint density at radius 2 is 2.25 bits per heavy atom. The molecule has 7 atom stereocenters. The molecule has 0 N–H and O–H groups in total. The van der Waals surface area contributed by atoms with Gasteiger partial charge in [0.25, 0.3) is 0 Å². The smallest absolute Gasteiger partial charge is 0.229 e. The van der Waals surface area contributed by atoms with Crippen LogP contribution >= 0.6 is 0 Å². The summed E-state index contributed by atoms with van der Waals surface area (Å²) < 4.78 is 7.47. The van der Waals surface area contributed by atoms with Crippen molar-refractivity contribution in [3.8, 4) is 0 Å². The standard InChI is InChI=1S/C24H27N2O2/c1-2-9-26-10-8-24-17-5-3-4-6-18(17)25-21(27)13-19-22(23(24)25)16(12-20(24)26)15(14-26)7-11-28-19/h2-7,16,19-20,22-23H,1,8-14H2/q+1/t16-,19-,20-,22-,23-,24+,26?/m0/s1. The molecule has 1 aliphatic carbocycles. The summed E-state index contributed by atoms with van der Waals surface area (Å²) in [6.07, 6.45) is 7.55. The topological polar surface area (TPSA) is 29.5 Å². The molecule has 5 heterocycles. The number of anilines is 1. The SMILES string of the molecule is C=CC[N+]12CC[C@@]34c5ccccc5N5C(=O)C[C@@H]6OCC=C(C1)[C@H](C[C@@H]32)[C@@H]6[C@H]54. The molecule has 1 spiro atoms. The monoisotopic (exact) mass is 375 g/mol. The Morgan fingerprint density at radius 3 is 3.14 bits per heavy atom. The van der Waals surface area contributed by atoms with Crippen molar-refractivity contribution < 1.29 is 14.0 Å². The fourth-order valence-electron chi connectivity index (χ4n) is 8.49. The molecule has 5 aliphatic heterocycles. The maximum Gasteiger partial charge on any atom is 0.229 e. The van der Waals surface area contributed by atoms with Crippen LogP contribution < -0.4 is 4.90 Å². The minimum atomic E-state index is 0.0830. The Hall–Kier alpha value is -1.91. The van der Waals surface area contributed by atoms with Gasteiger partial charge < -0.3 is 14.1 Å². The van der Waals surface area contributed by atoms with Crippen molar-refractivity contribution in [3.05, 3.63) is 54.1 Å². The number of fused-ring (bicyclic) bond motifs is 2. The molecule has 4 nitrogen and oxygen atoms in total. The highest BCUT2D eigenvalue weighted by Gasteiger charge is 2.75. The Bertz CT molecular complexity index is 954. The minimum Gasteiger partial charge on any atom is -0.373 e. The summed E-state index contributed by atoms with van der Waals surface area (Å²) in [4.78, 5) is 15.6. The summed E-state index contributed by atoms with van der Waals surface area (Å²) in [5, 5.41) is 0. The Labute approximate surface area is 166 Å². The number of piperidine rings is 2. The molecule has 6 aliphatic rings. The van der Waals surface area contributed by atoms with Crippen molar-refractivity contribution in [1.29, 1.82) is 0 Å². The number of rotatable bonds is 2. The van der Waals surface area contributed by atoms with Gasteiger partial charge in [0.05, 0.1) is 43.7 Å². The zero-order valence-corrected chi connectivity index (χ0v) is 16.2. The summed E-state index contributed by atoms with van der Waals surface area (Å²) in [5.41, 5.74) is 4.33. The summed E-state index contributed by atoms with van der Waals surface area (Å²) in [6.45, 7) is 8.18. The highest BCUT2D eigenvalue weighted by molar-refractivity contribution is 5.99. The molecule has 1 aromatic carbocycles. The first-order valence-corrected chi connectivity index (χ1v) is 10.9. The van der Waals surface area contributed by atoms with Crippen molar-refractivity contribution in [3.63, 3.8) is 0 Å². The second-order valence-electron chi connectivity index (χ2n) is 9.88. The molecule has 28 heavy (non-hydrogen) atoms. The van der Waals surface area contributed by atoms with Crippen LogP contribution in [0.5, 0.6) is 0 Å². The second kappa shape index (κ2) is 4.98. The van der Waals surface area contributed by atoms with E-state index in [2.05, 4.69) is 47.9 Å². The predicted molar refractivity (Wildman–Crippen MR) is 107 cm³/mol. The van der Waals surface area contributed by atoms with Crippen LogP contribution in [0.1, 0.15) is 24.8 Å². The van der Waals surface area contributed by atoms with E-state index in [0.717, 1.165) is 17.6 Å². The molecular formula is C24H27N2O2+. The number of nitrogens with zero attached hydrogens (tertiary/aromatic N) is 2. The van der Waals surface area contributed by atoms with Gasteiger partial charge in [-0.1, -0.05) is 30.9 Å². The van der Waals surface area contributed by atoms with E-state index in [-0.39, 0.29) is 23.5 Å². The maximum absolute atomic E-state index is 13.4. The van der Waals surface area contributed by atoms with E-state index in [1.165, 1.54) is 30.6 Å². The molecule has 4 heteroatoms. The van der Waals surface area contributed by atoms with Gasteiger partial charge in [-0.15, -0.1) is 0 Å². The summed E-state index contributed by atoms with van der Waals surface area (Å²) >= 11 is 0. The van der Waals surface area contributed by atoms with Crippen molar-refractivity contribution in [2.45, 2.75) is 42.9 Å². The van der Waals surface area contributed by atoms with Gasteiger partial charge in [0, 0.05) is 24.4 Å². The highest BCUT2D eigenvalue weighted by atomic mass is 16.5. The van der Waals surface area contributed by atoms with Gasteiger partial charge in [0.1, 0.15) is 12.6 Å². The first-order chi connectivity index (χ1) is 13.7. The van der Waals surface area contributed by atoms with E-state index in [4.69, 9.17) is 4.74 Å². The Balaban J connectivity index is 1.54. The second-order valence-corrected chi connectivity index (χ2v) is 9.88. The predicted octanol–water partition coefficient (Wildman–Crippen LogP) is 2.79. The largest absolute Gasteiger partial charge is 0.373 e. The van der Waals surface area contributed by atoms with Gasteiger partial charge >= 0.3 is 0 Å². The molecule has 1 saturated carbocycles. The van der Waals surface area contributed by atoms with E-state index in [1.807, 2.05) is 0 Å². The molecular weight excluding hydrogens is 348 g/mol. The van der Waals surface area contributed by atoms with E-state index >= 15 is 0 Å². The van der Waals surface area contributed by atoms with Crippen molar-refractivity contribution in [2.75, 3.05) is 31.1 Å². The molecule has 4 fully saturated rings. The normalized spacial score (nSPS) is 46.7. The third-order valence-electron chi connectivity index (χ3n) is 9.20. The van der Waals surface area contributed by atoms with Crippen LogP contribution in [0.4, 0.5) is 5.69 Å². The van der Waals surface area contributed by atoms with Crippen LogP contribution in [0.3, 0.4) is 0 Å². The average Bonchev–Trinajstić information content (AvgIpc) is 3.13. The minimum absolute atomic E-state index is 0.0830. The van der Waals surface area contributed by atoms with Gasteiger partial charge in [-0.05, 0) is 29.2 Å². The third kappa shape index (κ3) is 1.55. The van der Waals surface area contributed by atoms with Crippen LogP contribution in [0.25, 0.3) is 0 Å². The Morgan fingerprint density at radius 1 is 1.36 bits per heavy atom. The van der Waals surface area contributed by atoms with E-state index < -0.39 is 0 Å². The lowest BCUT2D eigenvalue weighted by Gasteiger charge is -2.60. The van der Waals surface area contributed by atoms with Crippen LogP contribution in [0, 0.1) is 11.8 Å². The number of carbonyl (C=O) groups excluding carboxylic acids is 1. The maximum atomic E-state index is 13.4. The quantitative estimate of drug-likeness (QED) is 0.588. The lowest BCUT2D eigenvalue weighted by Crippen LogP contribution is -2.72. The van der Waals surface area contributed by atoms with Gasteiger partial charge in [-0.3, -0.25) is 4.79 Å². The lowest BCUT2D eigenvalue weighted by atomic mass is 9.53. The number of hydrogen-bond acceptors (Lipinski definition) is 2. The van der Waals surface area contributed by atoms with Gasteiger partial charge in [-0.2, -0.15) is 0 Å². The molecule has 1 amide bonds. The van der Waals surface area contributed by atoms with E-state index in [0.29, 0.717) is 30.9 Å². The molecule has 7 rings (SSSR count). The molecule has 144 valence electrons.